The highest BCUT2D eigenvalue weighted by molar-refractivity contribution is 5.91. The van der Waals surface area contributed by atoms with Crippen molar-refractivity contribution in [3.63, 3.8) is 0 Å². The fraction of sp³-hybridized carbons (Fsp3) is 0.344. The minimum absolute atomic E-state index is 0.0951. The van der Waals surface area contributed by atoms with Crippen LogP contribution in [0.2, 0.25) is 0 Å². The van der Waals surface area contributed by atoms with Crippen LogP contribution in [-0.4, -0.2) is 45.0 Å². The Hall–Kier alpha value is -4.07. The average Bonchev–Trinajstić information content (AvgIpc) is 3.38. The molecule has 6 rings (SSSR count). The zero-order chi connectivity index (χ0) is 28.0. The van der Waals surface area contributed by atoms with Gasteiger partial charge < -0.3 is 14.8 Å². The maximum absolute atomic E-state index is 15.2. The van der Waals surface area contributed by atoms with Crippen molar-refractivity contribution in [2.24, 2.45) is 0 Å². The summed E-state index contributed by atoms with van der Waals surface area (Å²) in [4.78, 5) is 33.1. The number of imidazole rings is 1. The van der Waals surface area contributed by atoms with Gasteiger partial charge in [0.2, 0.25) is 11.8 Å². The minimum atomic E-state index is -1.32. The summed E-state index contributed by atoms with van der Waals surface area (Å²) in [5.41, 5.74) is 3.45. The Morgan fingerprint density at radius 3 is 2.48 bits per heavy atom. The number of benzene rings is 3. The molecule has 1 saturated heterocycles. The molecule has 2 heterocycles. The molecule has 1 aliphatic heterocycles. The van der Waals surface area contributed by atoms with E-state index >= 15 is 4.39 Å². The molecule has 40 heavy (non-hydrogen) atoms. The number of rotatable bonds is 7. The summed E-state index contributed by atoms with van der Waals surface area (Å²) < 4.78 is 31.7. The largest absolute Gasteiger partial charge is 0.343 e. The van der Waals surface area contributed by atoms with Gasteiger partial charge in [0.1, 0.15) is 24.1 Å². The first kappa shape index (κ1) is 26.2. The molecule has 206 valence electrons. The highest BCUT2D eigenvalue weighted by Gasteiger charge is 2.43. The van der Waals surface area contributed by atoms with Gasteiger partial charge in [-0.05, 0) is 60.1 Å². The molecule has 3 aromatic carbocycles. The van der Waals surface area contributed by atoms with Crippen molar-refractivity contribution in [2.45, 2.75) is 62.8 Å². The van der Waals surface area contributed by atoms with Gasteiger partial charge in [-0.25, -0.2) is 13.8 Å². The average molecular weight is 543 g/mol. The second kappa shape index (κ2) is 10.2. The van der Waals surface area contributed by atoms with E-state index in [4.69, 9.17) is 0 Å². The zero-order valence-electron chi connectivity index (χ0n) is 22.6. The summed E-state index contributed by atoms with van der Waals surface area (Å²) in [6, 6.07) is 19.6. The van der Waals surface area contributed by atoms with Crippen LogP contribution in [0.5, 0.6) is 0 Å². The van der Waals surface area contributed by atoms with Gasteiger partial charge in [0, 0.05) is 6.42 Å². The van der Waals surface area contributed by atoms with Crippen molar-refractivity contribution >= 4 is 22.8 Å². The molecule has 0 radical (unpaired) electrons. The van der Waals surface area contributed by atoms with Gasteiger partial charge in [-0.15, -0.1) is 0 Å². The third-order valence-electron chi connectivity index (χ3n) is 8.49. The molecule has 2 fully saturated rings. The number of carbonyl (C=O) groups is 2. The molecule has 0 bridgehead atoms. The van der Waals surface area contributed by atoms with Crippen LogP contribution in [0.3, 0.4) is 0 Å². The zero-order valence-corrected chi connectivity index (χ0v) is 22.6. The van der Waals surface area contributed by atoms with Crippen LogP contribution >= 0.6 is 0 Å². The Bertz CT molecular complexity index is 1570. The van der Waals surface area contributed by atoms with Gasteiger partial charge in [0.25, 0.3) is 0 Å². The maximum Gasteiger partial charge on any atom is 0.246 e. The van der Waals surface area contributed by atoms with Crippen molar-refractivity contribution in [3.05, 3.63) is 102 Å². The van der Waals surface area contributed by atoms with Crippen LogP contribution in [0, 0.1) is 5.82 Å². The van der Waals surface area contributed by atoms with Crippen LogP contribution in [0.25, 0.3) is 11.0 Å². The van der Waals surface area contributed by atoms with Gasteiger partial charge in [-0.3, -0.25) is 9.59 Å². The quantitative estimate of drug-likeness (QED) is 0.329. The monoisotopic (exact) mass is 542 g/mol. The molecule has 4 aromatic rings. The van der Waals surface area contributed by atoms with Crippen molar-refractivity contribution in [3.8, 4) is 0 Å². The predicted octanol–water partition coefficient (Wildman–Crippen LogP) is 5.63. The number of amides is 2. The molecule has 8 heteroatoms. The Morgan fingerprint density at radius 2 is 1.75 bits per heavy atom. The number of hydrogen-bond donors (Lipinski definition) is 1. The lowest BCUT2D eigenvalue weighted by Gasteiger charge is -2.29. The maximum atomic E-state index is 15.2. The molecule has 1 saturated carbocycles. The first-order valence-corrected chi connectivity index (χ1v) is 13.8. The molecular weight excluding hydrogens is 510 g/mol. The number of likely N-dealkylation sites (tertiary alicyclic amines) is 1. The van der Waals surface area contributed by atoms with E-state index in [1.807, 2.05) is 67.6 Å². The van der Waals surface area contributed by atoms with E-state index < -0.39 is 30.2 Å². The molecule has 6 nitrogen and oxygen atoms in total. The number of aromatic nitrogens is 2. The molecule has 1 N–H and O–H groups in total. The smallest absolute Gasteiger partial charge is 0.246 e. The lowest BCUT2D eigenvalue weighted by molar-refractivity contribution is -0.140. The standard InChI is InChI=1S/C32H32F2N4O2/c1-20(38-19-35-26-10-6-7-11-27(26)38)31(40)37-18-23(33)17-28(37)30(39)36-29(21-8-4-3-5-9-21)22-12-13-24(25(34)16-22)32(2)14-15-32/h3-13,16,19-20,23,28-29H,14-15,17-18H2,1-2H3,(H,36,39)/t20-,23-,28+,29+/m1/s1. The SMILES string of the molecule is C[C@H](C(=O)N1C[C@H](F)C[C@H]1C(=O)N[C@@H](c1ccccc1)c1ccc(C2(C)CC2)c(F)c1)n1cnc2ccccc21. The Labute approximate surface area is 232 Å². The van der Waals surface area contributed by atoms with Gasteiger partial charge in [-0.1, -0.05) is 61.5 Å². The van der Waals surface area contributed by atoms with E-state index in [0.29, 0.717) is 11.1 Å². The molecule has 4 atom stereocenters. The Kier molecular flexibility index (Phi) is 6.64. The molecule has 2 amide bonds. The van der Waals surface area contributed by atoms with E-state index in [1.165, 1.54) is 11.0 Å². The van der Waals surface area contributed by atoms with Gasteiger partial charge in [-0.2, -0.15) is 0 Å². The summed E-state index contributed by atoms with van der Waals surface area (Å²) in [5, 5.41) is 3.02. The highest BCUT2D eigenvalue weighted by Crippen LogP contribution is 2.48. The fourth-order valence-electron chi connectivity index (χ4n) is 5.82. The van der Waals surface area contributed by atoms with Crippen molar-refractivity contribution in [1.29, 1.82) is 0 Å². The molecular formula is C32H32F2N4O2. The Morgan fingerprint density at radius 1 is 1.02 bits per heavy atom. The number of nitrogens with zero attached hydrogens (tertiary/aromatic N) is 3. The summed E-state index contributed by atoms with van der Waals surface area (Å²) >= 11 is 0. The van der Waals surface area contributed by atoms with Crippen molar-refractivity contribution in [1.82, 2.24) is 19.8 Å². The Balaban J connectivity index is 1.27. The van der Waals surface area contributed by atoms with E-state index in [-0.39, 0.29) is 30.1 Å². The summed E-state index contributed by atoms with van der Waals surface area (Å²) in [6.45, 7) is 3.62. The van der Waals surface area contributed by atoms with Crippen LogP contribution in [0.4, 0.5) is 8.78 Å². The fourth-order valence-corrected chi connectivity index (χ4v) is 5.82. The third-order valence-corrected chi connectivity index (χ3v) is 8.49. The summed E-state index contributed by atoms with van der Waals surface area (Å²) in [5.74, 6) is -1.12. The number of halogens is 2. The second-order valence-corrected chi connectivity index (χ2v) is 11.3. The van der Waals surface area contributed by atoms with E-state index in [9.17, 15) is 14.0 Å². The number of nitrogens with one attached hydrogen (secondary N) is 1. The number of fused-ring (bicyclic) bond motifs is 1. The molecule has 1 aromatic heterocycles. The first-order chi connectivity index (χ1) is 19.2. The lowest BCUT2D eigenvalue weighted by Crippen LogP contribution is -2.48. The third kappa shape index (κ3) is 4.76. The van der Waals surface area contributed by atoms with E-state index in [1.54, 1.807) is 23.9 Å². The van der Waals surface area contributed by atoms with Crippen LogP contribution in [-0.2, 0) is 15.0 Å². The first-order valence-electron chi connectivity index (χ1n) is 13.8. The minimum Gasteiger partial charge on any atom is -0.343 e. The van der Waals surface area contributed by atoms with Crippen LogP contribution in [0.1, 0.15) is 61.9 Å². The summed E-state index contributed by atoms with van der Waals surface area (Å²) in [7, 11) is 0. The molecule has 2 aliphatic rings. The van der Waals surface area contributed by atoms with Gasteiger partial charge in [0.05, 0.1) is 29.9 Å². The number of alkyl halides is 1. The van der Waals surface area contributed by atoms with Crippen LogP contribution in [0.15, 0.2) is 79.1 Å². The molecule has 1 aliphatic carbocycles. The topological polar surface area (TPSA) is 67.2 Å². The number of carbonyl (C=O) groups excluding carboxylic acids is 2. The van der Waals surface area contributed by atoms with Gasteiger partial charge >= 0.3 is 0 Å². The van der Waals surface area contributed by atoms with E-state index in [2.05, 4.69) is 10.3 Å². The predicted molar refractivity (Wildman–Crippen MR) is 149 cm³/mol. The normalized spacial score (nSPS) is 21.2. The lowest BCUT2D eigenvalue weighted by atomic mass is 9.92. The number of hydrogen-bond acceptors (Lipinski definition) is 3. The van der Waals surface area contributed by atoms with Gasteiger partial charge in [0.15, 0.2) is 0 Å². The highest BCUT2D eigenvalue weighted by atomic mass is 19.1. The van der Waals surface area contributed by atoms with Crippen molar-refractivity contribution < 1.29 is 18.4 Å². The van der Waals surface area contributed by atoms with Crippen LogP contribution < -0.4 is 5.32 Å². The molecule has 0 unspecified atom stereocenters. The number of para-hydroxylation sites is 2. The van der Waals surface area contributed by atoms with Crippen molar-refractivity contribution in [2.75, 3.05) is 6.54 Å². The molecule has 0 spiro atoms. The second-order valence-electron chi connectivity index (χ2n) is 11.3. The summed E-state index contributed by atoms with van der Waals surface area (Å²) in [6.07, 6.45) is 2.08. The van der Waals surface area contributed by atoms with E-state index in [0.717, 1.165) is 29.4 Å².